The van der Waals surface area contributed by atoms with Crippen LogP contribution in [0, 0.1) is 17.0 Å². The molecule has 2 heterocycles. The Morgan fingerprint density at radius 3 is 1.83 bits per heavy atom. The Kier molecular flexibility index (Phi) is 22.4. The van der Waals surface area contributed by atoms with Gasteiger partial charge in [0.05, 0.1) is 18.9 Å². The van der Waals surface area contributed by atoms with Gasteiger partial charge in [-0.05, 0) is 48.1 Å². The van der Waals surface area contributed by atoms with Crippen molar-refractivity contribution in [3.8, 4) is 11.1 Å². The summed E-state index contributed by atoms with van der Waals surface area (Å²) in [7, 11) is 0. The van der Waals surface area contributed by atoms with E-state index in [9.17, 15) is 77.2 Å². The molecule has 420 valence electrons. The van der Waals surface area contributed by atoms with Gasteiger partial charge in [-0.1, -0.05) is 51.1 Å². The summed E-state index contributed by atoms with van der Waals surface area (Å²) in [6.45, 7) is 3.17. The predicted molar refractivity (Wildman–Crippen MR) is 269 cm³/mol. The zero-order chi connectivity index (χ0) is 58.0. The number of aromatic nitrogens is 1. The highest BCUT2D eigenvalue weighted by Crippen LogP contribution is 2.41. The zero-order valence-electron chi connectivity index (χ0n) is 43.0. The third kappa shape index (κ3) is 18.4. The summed E-state index contributed by atoms with van der Waals surface area (Å²) in [4.78, 5) is 155. The van der Waals surface area contributed by atoms with Crippen LogP contribution in [0.4, 0.5) is 8.78 Å². The van der Waals surface area contributed by atoms with Gasteiger partial charge in [0, 0.05) is 74.7 Å². The van der Waals surface area contributed by atoms with E-state index in [4.69, 9.17) is 5.73 Å². The number of aliphatic hydroxyl groups is 1. The smallest absolute Gasteiger partial charge is 0.305 e. The Labute approximate surface area is 445 Å². The largest absolute Gasteiger partial charge is 0.481 e. The minimum Gasteiger partial charge on any atom is -0.481 e. The second-order valence-electron chi connectivity index (χ2n) is 19.1. The number of rotatable bonds is 29. The van der Waals surface area contributed by atoms with E-state index in [1.807, 2.05) is 12.1 Å². The summed E-state index contributed by atoms with van der Waals surface area (Å²) in [5, 5.41) is 43.0. The summed E-state index contributed by atoms with van der Waals surface area (Å²) in [6.07, 6.45) is -0.0334. The van der Waals surface area contributed by atoms with Gasteiger partial charge in [0.1, 0.15) is 49.0 Å². The number of nitrogens with zero attached hydrogens (tertiary/aromatic N) is 3. The summed E-state index contributed by atoms with van der Waals surface area (Å²) >= 11 is 0. The lowest BCUT2D eigenvalue weighted by Gasteiger charge is -2.41. The van der Waals surface area contributed by atoms with Crippen LogP contribution in [0.15, 0.2) is 72.9 Å². The summed E-state index contributed by atoms with van der Waals surface area (Å²) in [5.74, 6) is -14.2. The van der Waals surface area contributed by atoms with Crippen molar-refractivity contribution in [3.05, 3.63) is 95.8 Å². The quantitative estimate of drug-likeness (QED) is 0.0298. The summed E-state index contributed by atoms with van der Waals surface area (Å²) in [5.41, 5.74) is 5.69. The number of hydrogen-bond acceptors (Lipinski definition) is 13. The zero-order valence-corrected chi connectivity index (χ0v) is 43.0. The van der Waals surface area contributed by atoms with Gasteiger partial charge in [0.2, 0.25) is 47.3 Å². The van der Waals surface area contributed by atoms with Crippen LogP contribution in [0.5, 0.6) is 0 Å². The van der Waals surface area contributed by atoms with E-state index in [0.717, 1.165) is 42.8 Å². The topological polar surface area (TPSA) is 375 Å². The second kappa shape index (κ2) is 28.3. The molecule has 11 N–H and O–H groups in total. The third-order valence-electron chi connectivity index (χ3n) is 11.9. The van der Waals surface area contributed by atoms with Crippen LogP contribution in [0.2, 0.25) is 0 Å². The van der Waals surface area contributed by atoms with Crippen LogP contribution in [-0.2, 0) is 64.1 Å². The number of aliphatic carboxylic acids is 2. The van der Waals surface area contributed by atoms with Gasteiger partial charge < -0.3 is 62.4 Å². The molecule has 2 aromatic carbocycles. The van der Waals surface area contributed by atoms with E-state index < -0.39 is 183 Å². The van der Waals surface area contributed by atoms with Gasteiger partial charge in [0.15, 0.2) is 0 Å². The number of benzene rings is 2. The van der Waals surface area contributed by atoms with Gasteiger partial charge in [-0.15, -0.1) is 0 Å². The van der Waals surface area contributed by atoms with Gasteiger partial charge in [-0.25, -0.2) is 8.78 Å². The van der Waals surface area contributed by atoms with E-state index in [0.29, 0.717) is 10.6 Å². The van der Waals surface area contributed by atoms with E-state index >= 15 is 4.39 Å². The van der Waals surface area contributed by atoms with Crippen LogP contribution in [0.1, 0.15) is 77.1 Å². The fourth-order valence-corrected chi connectivity index (χ4v) is 8.35. The first-order valence-electron chi connectivity index (χ1n) is 24.3. The fraction of sp³-hybridized carbons (Fsp3) is 0.412. The van der Waals surface area contributed by atoms with Crippen molar-refractivity contribution in [2.45, 2.75) is 96.6 Å². The molecule has 0 spiro atoms. The normalized spacial score (nSPS) is 14.0. The maximum atomic E-state index is 15.4. The molecule has 78 heavy (non-hydrogen) atoms. The number of nitrogens with two attached hydrogens (primary N) is 1. The molecule has 0 aliphatic carbocycles. The first kappa shape index (κ1) is 61.7. The Morgan fingerprint density at radius 1 is 0.718 bits per heavy atom. The number of primary amides is 1. The lowest BCUT2D eigenvalue weighted by Crippen LogP contribution is -2.58. The lowest BCUT2D eigenvalue weighted by molar-refractivity contribution is -0.142. The van der Waals surface area contributed by atoms with Crippen LogP contribution in [0.3, 0.4) is 0 Å². The number of aliphatic hydroxyl groups excluding tert-OH is 1. The molecule has 1 aliphatic heterocycles. The summed E-state index contributed by atoms with van der Waals surface area (Å²) in [6, 6.07) is 5.46. The van der Waals surface area contributed by atoms with Crippen LogP contribution < -0.4 is 37.6 Å². The van der Waals surface area contributed by atoms with Gasteiger partial charge >= 0.3 is 11.9 Å². The molecule has 0 saturated heterocycles. The number of nitrogens with one attached hydrogen (secondary N) is 6. The number of amides is 10. The molecule has 4 unspecified atom stereocenters. The van der Waals surface area contributed by atoms with Crippen LogP contribution >= 0.6 is 0 Å². The average molecular weight is 1090 g/mol. The molecular weight excluding hydrogens is 1030 g/mol. The highest BCUT2D eigenvalue weighted by Gasteiger charge is 2.39. The van der Waals surface area contributed by atoms with Gasteiger partial charge in [-0.3, -0.25) is 62.4 Å². The van der Waals surface area contributed by atoms with Crippen LogP contribution in [-0.4, -0.2) is 158 Å². The molecular formula is C51H62F2N10O15. The maximum absolute atomic E-state index is 15.4. The first-order valence-corrected chi connectivity index (χ1v) is 24.3. The lowest BCUT2D eigenvalue weighted by atomic mass is 9.82. The van der Waals surface area contributed by atoms with Crippen LogP contribution in [0.25, 0.3) is 11.1 Å². The molecule has 27 heteroatoms. The molecule has 0 fully saturated rings. The van der Waals surface area contributed by atoms with Crippen molar-refractivity contribution < 1.29 is 81.6 Å². The molecule has 10 amide bonds. The number of carboxylic acid groups (broad SMARTS) is 2. The van der Waals surface area contributed by atoms with Crippen molar-refractivity contribution in [2.24, 2.45) is 11.1 Å². The van der Waals surface area contributed by atoms with E-state index in [-0.39, 0.29) is 17.7 Å². The number of halogens is 2. The fourth-order valence-electron chi connectivity index (χ4n) is 8.35. The first-order chi connectivity index (χ1) is 36.7. The standard InChI is InChI=1S/C51H62F2N10O15/c1-28(65)57-37(23-45(73)74)50(78)60-36(22-39(54)66)49(77)59-35(48(76)56-18-17-55-47(75)34(12-15-44(71)72)58-40(67)26-63-41(68)13-14-42(63)69)16-19-62(43(70)27-64)46(51(2,3)4)38-20-30(32-21-31(52)10-11-33(32)53)25-61(38)24-29-8-6-5-7-9-29/h5-11,13-14,20-21,25,34-37,46,64H,12,15-19,22-24,26-27H2,1-4H3,(H2,54,66)(H,55,75)(H,56,76)(H,57,65)(H,58,67)(H,59,77)(H,60,78)(H,71,72)(H,73,74)/t34?,35?,36?,37-,46?/m1/s1. The Balaban J connectivity index is 1.70. The number of carboxylic acids is 2. The molecule has 1 aliphatic rings. The van der Waals surface area contributed by atoms with Crippen molar-refractivity contribution in [1.29, 1.82) is 0 Å². The SMILES string of the molecule is CC(=O)N[C@H](CC(=O)O)C(=O)NC(CC(N)=O)C(=O)NC(CCN(C(=O)CO)C(c1cc(-c2cc(F)ccc2F)cn1Cc1ccccc1)C(C)(C)C)C(=O)NCCNC(=O)C(CCC(=O)O)NC(=O)CN1C(=O)C=CC1=O. The second-order valence-corrected chi connectivity index (χ2v) is 19.1. The van der Waals surface area contributed by atoms with Crippen molar-refractivity contribution in [3.63, 3.8) is 0 Å². The maximum Gasteiger partial charge on any atom is 0.305 e. The minimum atomic E-state index is -1.91. The van der Waals surface area contributed by atoms with Crippen molar-refractivity contribution in [2.75, 3.05) is 32.8 Å². The number of carbonyl (C=O) groups excluding carboxylic acids is 10. The minimum absolute atomic E-state index is 0.110. The van der Waals surface area contributed by atoms with Crippen molar-refractivity contribution >= 4 is 71.0 Å². The molecule has 5 atom stereocenters. The number of hydrogen-bond donors (Lipinski definition) is 10. The highest BCUT2D eigenvalue weighted by atomic mass is 19.1. The number of carbonyl (C=O) groups is 12. The Morgan fingerprint density at radius 2 is 1.29 bits per heavy atom. The monoisotopic (exact) mass is 1090 g/mol. The van der Waals surface area contributed by atoms with Gasteiger partial charge in [0.25, 0.3) is 11.8 Å². The number of imide groups is 1. The molecule has 1 aromatic heterocycles. The molecule has 4 rings (SSSR count). The van der Waals surface area contributed by atoms with Crippen molar-refractivity contribution in [1.82, 2.24) is 46.3 Å². The average Bonchev–Trinajstić information content (AvgIpc) is 3.92. The highest BCUT2D eigenvalue weighted by molar-refractivity contribution is 6.14. The van der Waals surface area contributed by atoms with E-state index in [1.165, 1.54) is 4.90 Å². The molecule has 0 radical (unpaired) electrons. The van der Waals surface area contributed by atoms with E-state index in [2.05, 4.69) is 31.9 Å². The molecule has 0 bridgehead atoms. The molecule has 25 nitrogen and oxygen atoms in total. The predicted octanol–water partition coefficient (Wildman–Crippen LogP) is -0.889. The molecule has 0 saturated carbocycles. The molecule has 3 aromatic rings. The Bertz CT molecular complexity index is 2770. The summed E-state index contributed by atoms with van der Waals surface area (Å²) < 4.78 is 31.7. The Hall–Kier alpha value is -8.88. The van der Waals surface area contributed by atoms with E-state index in [1.54, 1.807) is 55.8 Å². The van der Waals surface area contributed by atoms with Gasteiger partial charge in [-0.2, -0.15) is 0 Å². The third-order valence-corrected chi connectivity index (χ3v) is 11.9.